The molecule has 8 heteroatoms. The molecule has 1 saturated heterocycles. The molecule has 2 amide bonds. The summed E-state index contributed by atoms with van der Waals surface area (Å²) >= 11 is 0. The maximum atomic E-state index is 13.1. The molecule has 1 aliphatic rings. The van der Waals surface area contributed by atoms with Crippen molar-refractivity contribution in [3.63, 3.8) is 0 Å². The number of nitrogens with one attached hydrogen (secondary N) is 2. The van der Waals surface area contributed by atoms with E-state index >= 15 is 0 Å². The summed E-state index contributed by atoms with van der Waals surface area (Å²) in [5.74, 6) is 0.453. The fourth-order valence-corrected chi connectivity index (χ4v) is 3.49. The van der Waals surface area contributed by atoms with Gasteiger partial charge in [0.15, 0.2) is 0 Å². The number of aromatic nitrogens is 3. The molecular formula is C23H26N6O2. The summed E-state index contributed by atoms with van der Waals surface area (Å²) in [4.78, 5) is 31.0. The third-order valence-corrected chi connectivity index (χ3v) is 5.06. The molecule has 0 radical (unpaired) electrons. The van der Waals surface area contributed by atoms with Gasteiger partial charge in [0.1, 0.15) is 5.82 Å². The SMILES string of the molecule is CC(C)(C)c1nn(-c2ccccc2)cc1C(=O)Nc1ccc(N2CCNC(=O)C2)nc1. The average molecular weight is 419 g/mol. The highest BCUT2D eigenvalue weighted by atomic mass is 16.2. The lowest BCUT2D eigenvalue weighted by molar-refractivity contribution is -0.120. The number of amides is 2. The highest BCUT2D eigenvalue weighted by Gasteiger charge is 2.27. The second-order valence-electron chi connectivity index (χ2n) is 8.55. The number of para-hydroxylation sites is 1. The predicted molar refractivity (Wildman–Crippen MR) is 120 cm³/mol. The standard InChI is InChI=1S/C23H26N6O2/c1-23(2,3)21-18(14-29(27-21)17-7-5-4-6-8-17)22(31)26-16-9-10-19(25-13-16)28-12-11-24-20(30)15-28/h4-10,13-14H,11-12,15H2,1-3H3,(H,24,30)(H,26,31). The molecule has 0 aliphatic carbocycles. The number of hydrogen-bond donors (Lipinski definition) is 2. The molecule has 4 rings (SSSR count). The van der Waals surface area contributed by atoms with Crippen molar-refractivity contribution in [3.8, 4) is 5.69 Å². The van der Waals surface area contributed by atoms with E-state index in [1.807, 2.05) is 62.1 Å². The Morgan fingerprint density at radius 1 is 1.13 bits per heavy atom. The monoisotopic (exact) mass is 418 g/mol. The molecule has 0 bridgehead atoms. The molecular weight excluding hydrogens is 392 g/mol. The lowest BCUT2D eigenvalue weighted by Crippen LogP contribution is -2.48. The number of carbonyl (C=O) groups excluding carboxylic acids is 2. The Balaban J connectivity index is 1.55. The number of piperazine rings is 1. The van der Waals surface area contributed by atoms with Gasteiger partial charge in [0.25, 0.3) is 5.91 Å². The van der Waals surface area contributed by atoms with Gasteiger partial charge >= 0.3 is 0 Å². The number of benzene rings is 1. The molecule has 0 spiro atoms. The van der Waals surface area contributed by atoms with Crippen LogP contribution in [0.5, 0.6) is 0 Å². The molecule has 31 heavy (non-hydrogen) atoms. The van der Waals surface area contributed by atoms with Crippen molar-refractivity contribution in [2.24, 2.45) is 0 Å². The molecule has 2 N–H and O–H groups in total. The van der Waals surface area contributed by atoms with Crippen LogP contribution in [0.4, 0.5) is 11.5 Å². The van der Waals surface area contributed by atoms with Crippen LogP contribution in [0.1, 0.15) is 36.8 Å². The van der Waals surface area contributed by atoms with E-state index in [0.717, 1.165) is 11.4 Å². The van der Waals surface area contributed by atoms with E-state index in [-0.39, 0.29) is 23.8 Å². The first-order chi connectivity index (χ1) is 14.8. The zero-order chi connectivity index (χ0) is 22.0. The number of anilines is 2. The number of rotatable bonds is 4. The van der Waals surface area contributed by atoms with Crippen molar-refractivity contribution in [3.05, 3.63) is 66.1 Å². The van der Waals surface area contributed by atoms with Crippen LogP contribution < -0.4 is 15.5 Å². The van der Waals surface area contributed by atoms with E-state index in [1.54, 1.807) is 23.1 Å². The highest BCUT2D eigenvalue weighted by Crippen LogP contribution is 2.26. The lowest BCUT2D eigenvalue weighted by atomic mass is 9.89. The van der Waals surface area contributed by atoms with E-state index in [1.165, 1.54) is 0 Å². The second kappa shape index (κ2) is 8.22. The largest absolute Gasteiger partial charge is 0.353 e. The average Bonchev–Trinajstić information content (AvgIpc) is 3.21. The van der Waals surface area contributed by atoms with Gasteiger partial charge in [0.2, 0.25) is 5.91 Å². The summed E-state index contributed by atoms with van der Waals surface area (Å²) in [6, 6.07) is 13.3. The van der Waals surface area contributed by atoms with Gasteiger partial charge in [-0.25, -0.2) is 9.67 Å². The van der Waals surface area contributed by atoms with Gasteiger partial charge < -0.3 is 15.5 Å². The lowest BCUT2D eigenvalue weighted by Gasteiger charge is -2.27. The van der Waals surface area contributed by atoms with Crippen LogP contribution in [0, 0.1) is 0 Å². The van der Waals surface area contributed by atoms with Crippen LogP contribution in [-0.2, 0) is 10.2 Å². The second-order valence-corrected chi connectivity index (χ2v) is 8.55. The van der Waals surface area contributed by atoms with Gasteiger partial charge in [-0.1, -0.05) is 39.0 Å². The van der Waals surface area contributed by atoms with Crippen LogP contribution in [0.3, 0.4) is 0 Å². The van der Waals surface area contributed by atoms with E-state index in [4.69, 9.17) is 5.10 Å². The molecule has 160 valence electrons. The molecule has 0 atom stereocenters. The fraction of sp³-hybridized carbons (Fsp3) is 0.304. The summed E-state index contributed by atoms with van der Waals surface area (Å²) in [6.07, 6.45) is 3.37. The van der Waals surface area contributed by atoms with Crippen molar-refractivity contribution in [1.82, 2.24) is 20.1 Å². The molecule has 1 fully saturated rings. The van der Waals surface area contributed by atoms with Gasteiger partial charge in [-0.05, 0) is 24.3 Å². The highest BCUT2D eigenvalue weighted by molar-refractivity contribution is 6.05. The minimum Gasteiger partial charge on any atom is -0.353 e. The van der Waals surface area contributed by atoms with Crippen molar-refractivity contribution in [2.75, 3.05) is 29.9 Å². The Morgan fingerprint density at radius 3 is 2.55 bits per heavy atom. The van der Waals surface area contributed by atoms with Crippen LogP contribution >= 0.6 is 0 Å². The first-order valence-corrected chi connectivity index (χ1v) is 10.3. The fourth-order valence-electron chi connectivity index (χ4n) is 3.49. The minimum absolute atomic E-state index is 0.0180. The van der Waals surface area contributed by atoms with E-state index in [0.29, 0.717) is 30.2 Å². The van der Waals surface area contributed by atoms with Gasteiger partial charge in [0, 0.05) is 24.7 Å². The summed E-state index contributed by atoms with van der Waals surface area (Å²) in [7, 11) is 0. The van der Waals surface area contributed by atoms with E-state index < -0.39 is 0 Å². The number of pyridine rings is 1. The minimum atomic E-state index is -0.302. The van der Waals surface area contributed by atoms with Crippen molar-refractivity contribution in [2.45, 2.75) is 26.2 Å². The van der Waals surface area contributed by atoms with Crippen molar-refractivity contribution in [1.29, 1.82) is 0 Å². The topological polar surface area (TPSA) is 92.2 Å². The molecule has 2 aromatic heterocycles. The number of carbonyl (C=O) groups is 2. The quantitative estimate of drug-likeness (QED) is 0.680. The van der Waals surface area contributed by atoms with Gasteiger partial charge in [-0.2, -0.15) is 5.10 Å². The Labute approximate surface area is 181 Å². The summed E-state index contributed by atoms with van der Waals surface area (Å²) < 4.78 is 1.73. The number of nitrogens with zero attached hydrogens (tertiary/aromatic N) is 4. The first-order valence-electron chi connectivity index (χ1n) is 10.3. The third-order valence-electron chi connectivity index (χ3n) is 5.06. The van der Waals surface area contributed by atoms with Crippen molar-refractivity contribution < 1.29 is 9.59 Å². The summed E-state index contributed by atoms with van der Waals surface area (Å²) in [5, 5.41) is 10.4. The molecule has 3 heterocycles. The van der Waals surface area contributed by atoms with Crippen LogP contribution in [0.15, 0.2) is 54.9 Å². The van der Waals surface area contributed by atoms with Crippen molar-refractivity contribution >= 4 is 23.3 Å². The smallest absolute Gasteiger partial charge is 0.259 e. The normalized spacial score (nSPS) is 14.3. The Bertz CT molecular complexity index is 1080. The molecule has 3 aromatic rings. The molecule has 0 unspecified atom stereocenters. The zero-order valence-corrected chi connectivity index (χ0v) is 17.9. The first kappa shape index (κ1) is 20.6. The Hall–Kier alpha value is -3.68. The Kier molecular flexibility index (Phi) is 5.46. The van der Waals surface area contributed by atoms with Gasteiger partial charge in [-0.3, -0.25) is 9.59 Å². The van der Waals surface area contributed by atoms with E-state index in [9.17, 15) is 9.59 Å². The summed E-state index contributed by atoms with van der Waals surface area (Å²) in [6.45, 7) is 7.69. The molecule has 0 saturated carbocycles. The van der Waals surface area contributed by atoms with E-state index in [2.05, 4.69) is 15.6 Å². The molecule has 1 aromatic carbocycles. The summed E-state index contributed by atoms with van der Waals surface area (Å²) in [5.41, 5.74) is 2.42. The molecule has 8 nitrogen and oxygen atoms in total. The van der Waals surface area contributed by atoms with Crippen LogP contribution in [0.2, 0.25) is 0 Å². The maximum Gasteiger partial charge on any atom is 0.259 e. The number of hydrogen-bond acceptors (Lipinski definition) is 5. The van der Waals surface area contributed by atoms with Gasteiger partial charge in [-0.15, -0.1) is 0 Å². The maximum absolute atomic E-state index is 13.1. The van der Waals surface area contributed by atoms with Crippen LogP contribution in [-0.4, -0.2) is 46.2 Å². The predicted octanol–water partition coefficient (Wildman–Crippen LogP) is 2.75. The zero-order valence-electron chi connectivity index (χ0n) is 17.9. The van der Waals surface area contributed by atoms with Gasteiger partial charge in [0.05, 0.1) is 35.4 Å². The van der Waals surface area contributed by atoms with Crippen LogP contribution in [0.25, 0.3) is 5.69 Å². The third kappa shape index (κ3) is 4.58. The Morgan fingerprint density at radius 2 is 1.90 bits per heavy atom. The molecule has 1 aliphatic heterocycles.